The van der Waals surface area contributed by atoms with Crippen molar-refractivity contribution in [2.45, 2.75) is 17.8 Å². The highest BCUT2D eigenvalue weighted by molar-refractivity contribution is 7.98. The van der Waals surface area contributed by atoms with E-state index in [0.717, 1.165) is 21.5 Å². The molecule has 144 valence electrons. The number of benzene rings is 2. The Kier molecular flexibility index (Phi) is 5.23. The molecule has 0 unspecified atom stereocenters. The number of fused-ring (bicyclic) bond motifs is 2. The number of rotatable bonds is 6. The van der Waals surface area contributed by atoms with Gasteiger partial charge in [-0.25, -0.2) is 14.2 Å². The minimum Gasteiger partial charge on any atom is -0.497 e. The van der Waals surface area contributed by atoms with Crippen molar-refractivity contribution in [2.75, 3.05) is 13.7 Å². The Morgan fingerprint density at radius 1 is 1.32 bits per heavy atom. The molecule has 4 aromatic rings. The van der Waals surface area contributed by atoms with Gasteiger partial charge in [-0.2, -0.15) is 0 Å². The number of aromatic nitrogens is 2. The first-order valence-electron chi connectivity index (χ1n) is 8.64. The van der Waals surface area contributed by atoms with Crippen molar-refractivity contribution < 1.29 is 18.7 Å². The van der Waals surface area contributed by atoms with Gasteiger partial charge in [-0.05, 0) is 36.8 Å². The quantitative estimate of drug-likeness (QED) is 0.337. The Morgan fingerprint density at radius 2 is 2.18 bits per heavy atom. The van der Waals surface area contributed by atoms with Crippen molar-refractivity contribution >= 4 is 50.2 Å². The third kappa shape index (κ3) is 3.45. The number of hydrogen-bond donors (Lipinski definition) is 1. The van der Waals surface area contributed by atoms with Crippen molar-refractivity contribution in [3.8, 4) is 5.75 Å². The smallest absolute Gasteiger partial charge is 0.348 e. The lowest BCUT2D eigenvalue weighted by molar-refractivity contribution is 0.0531. The average molecular weight is 416 g/mol. The van der Waals surface area contributed by atoms with Crippen LogP contribution in [0.4, 0.5) is 4.39 Å². The number of halogens is 1. The summed E-state index contributed by atoms with van der Waals surface area (Å²) < 4.78 is 25.6. The van der Waals surface area contributed by atoms with E-state index in [1.54, 1.807) is 20.1 Å². The summed E-state index contributed by atoms with van der Waals surface area (Å²) in [5.74, 6) is 0.372. The van der Waals surface area contributed by atoms with Gasteiger partial charge in [0, 0.05) is 21.9 Å². The lowest BCUT2D eigenvalue weighted by atomic mass is 10.1. The number of H-pyrrole nitrogens is 1. The minimum absolute atomic E-state index is 0.271. The van der Waals surface area contributed by atoms with Gasteiger partial charge in [-0.15, -0.1) is 11.3 Å². The molecule has 0 saturated carbocycles. The topological polar surface area (TPSA) is 64.2 Å². The lowest BCUT2D eigenvalue weighted by Crippen LogP contribution is -2.05. The van der Waals surface area contributed by atoms with E-state index in [4.69, 9.17) is 9.47 Å². The fourth-order valence-electron chi connectivity index (χ4n) is 2.97. The van der Waals surface area contributed by atoms with E-state index in [9.17, 15) is 9.18 Å². The van der Waals surface area contributed by atoms with Crippen LogP contribution in [-0.4, -0.2) is 29.7 Å². The maximum atomic E-state index is 14.5. The Hall–Kier alpha value is -2.58. The number of carbonyl (C=O) groups excluding carboxylic acids is 1. The van der Waals surface area contributed by atoms with E-state index >= 15 is 0 Å². The molecule has 4 rings (SSSR count). The van der Waals surface area contributed by atoms with E-state index in [1.807, 2.05) is 24.3 Å². The Morgan fingerprint density at radius 3 is 2.96 bits per heavy atom. The van der Waals surface area contributed by atoms with Crippen LogP contribution >= 0.6 is 23.1 Å². The summed E-state index contributed by atoms with van der Waals surface area (Å²) in [6, 6.07) is 10.5. The molecule has 1 N–H and O–H groups in total. The Labute approximate surface area is 168 Å². The third-order valence-corrected chi connectivity index (χ3v) is 6.32. The van der Waals surface area contributed by atoms with E-state index < -0.39 is 5.97 Å². The average Bonchev–Trinajstić information content (AvgIpc) is 3.27. The van der Waals surface area contributed by atoms with Crippen LogP contribution in [0.15, 0.2) is 41.6 Å². The van der Waals surface area contributed by atoms with E-state index in [2.05, 4.69) is 9.97 Å². The number of nitrogens with zero attached hydrogens (tertiary/aromatic N) is 1. The van der Waals surface area contributed by atoms with Gasteiger partial charge in [0.1, 0.15) is 16.4 Å². The first-order valence-corrected chi connectivity index (χ1v) is 10.4. The second-order valence-corrected chi connectivity index (χ2v) is 7.97. The molecular weight excluding hydrogens is 399 g/mol. The van der Waals surface area contributed by atoms with Crippen LogP contribution in [0.3, 0.4) is 0 Å². The molecule has 8 heteroatoms. The number of thiophene rings is 1. The van der Waals surface area contributed by atoms with Crippen LogP contribution in [0.5, 0.6) is 5.75 Å². The van der Waals surface area contributed by atoms with Gasteiger partial charge in [-0.1, -0.05) is 17.8 Å². The fourth-order valence-corrected chi connectivity index (χ4v) is 5.10. The van der Waals surface area contributed by atoms with Crippen LogP contribution in [0.25, 0.3) is 21.1 Å². The van der Waals surface area contributed by atoms with Gasteiger partial charge < -0.3 is 14.5 Å². The van der Waals surface area contributed by atoms with Crippen LogP contribution in [0.2, 0.25) is 0 Å². The van der Waals surface area contributed by atoms with Gasteiger partial charge in [0.25, 0.3) is 0 Å². The lowest BCUT2D eigenvalue weighted by Gasteiger charge is -2.04. The predicted molar refractivity (Wildman–Crippen MR) is 110 cm³/mol. The summed E-state index contributed by atoms with van der Waals surface area (Å²) in [4.78, 5) is 20.6. The summed E-state index contributed by atoms with van der Waals surface area (Å²) >= 11 is 2.67. The standard InChI is InChI=1S/C20H17FN2O3S2/c1-3-26-19(24)18-12(17-13(21)5-4-6-16(17)28-18)10-27-20-22-14-8-7-11(25-2)9-15(14)23-20/h4-9H,3,10H2,1-2H3,(H,22,23). The summed E-state index contributed by atoms with van der Waals surface area (Å²) in [6.45, 7) is 2.02. The highest BCUT2D eigenvalue weighted by atomic mass is 32.2. The maximum absolute atomic E-state index is 14.5. The molecule has 28 heavy (non-hydrogen) atoms. The van der Waals surface area contributed by atoms with Gasteiger partial charge in [-0.3, -0.25) is 0 Å². The zero-order valence-electron chi connectivity index (χ0n) is 15.2. The molecule has 0 amide bonds. The van der Waals surface area contributed by atoms with Gasteiger partial charge in [0.15, 0.2) is 5.16 Å². The monoisotopic (exact) mass is 416 g/mol. The van der Waals surface area contributed by atoms with Crippen molar-refractivity contribution in [1.29, 1.82) is 0 Å². The molecule has 0 aliphatic rings. The number of carbonyl (C=O) groups is 1. The fraction of sp³-hybridized carbons (Fsp3) is 0.200. The molecule has 2 heterocycles. The largest absolute Gasteiger partial charge is 0.497 e. The molecular formula is C20H17FN2O3S2. The first kappa shape index (κ1) is 18.8. The Bertz CT molecular complexity index is 1170. The van der Waals surface area contributed by atoms with Gasteiger partial charge in [0.2, 0.25) is 0 Å². The van der Waals surface area contributed by atoms with Crippen LogP contribution in [0, 0.1) is 5.82 Å². The van der Waals surface area contributed by atoms with Crippen molar-refractivity contribution in [3.05, 3.63) is 52.7 Å². The summed E-state index contributed by atoms with van der Waals surface area (Å²) in [7, 11) is 1.61. The van der Waals surface area contributed by atoms with Crippen molar-refractivity contribution in [1.82, 2.24) is 9.97 Å². The SMILES string of the molecule is CCOC(=O)c1sc2cccc(F)c2c1CSc1nc2ccc(OC)cc2[nH]1. The summed E-state index contributed by atoms with van der Waals surface area (Å²) in [5.41, 5.74) is 2.31. The van der Waals surface area contributed by atoms with E-state index in [-0.39, 0.29) is 12.4 Å². The number of nitrogens with one attached hydrogen (secondary N) is 1. The van der Waals surface area contributed by atoms with Crippen LogP contribution < -0.4 is 4.74 Å². The first-order chi connectivity index (χ1) is 13.6. The highest BCUT2D eigenvalue weighted by Crippen LogP contribution is 2.37. The normalized spacial score (nSPS) is 11.2. The molecule has 2 aromatic carbocycles. The number of hydrogen-bond acceptors (Lipinski definition) is 6. The second kappa shape index (κ2) is 7.81. The maximum Gasteiger partial charge on any atom is 0.348 e. The molecule has 5 nitrogen and oxygen atoms in total. The van der Waals surface area contributed by atoms with Crippen LogP contribution in [-0.2, 0) is 10.5 Å². The molecule has 0 atom stereocenters. The van der Waals surface area contributed by atoms with Gasteiger partial charge >= 0.3 is 5.97 Å². The Balaban J connectivity index is 1.69. The molecule has 0 spiro atoms. The molecule has 2 aromatic heterocycles. The molecule has 0 aliphatic heterocycles. The molecule has 0 fully saturated rings. The molecule has 0 radical (unpaired) electrons. The van der Waals surface area contributed by atoms with Gasteiger partial charge in [0.05, 0.1) is 24.8 Å². The number of imidazole rings is 1. The number of esters is 1. The number of aromatic amines is 1. The van der Waals surface area contributed by atoms with Crippen molar-refractivity contribution in [2.24, 2.45) is 0 Å². The van der Waals surface area contributed by atoms with Crippen molar-refractivity contribution in [3.63, 3.8) is 0 Å². The second-order valence-electron chi connectivity index (χ2n) is 5.96. The molecule has 0 aliphatic carbocycles. The number of methoxy groups -OCH3 is 1. The molecule has 0 saturated heterocycles. The van der Waals surface area contributed by atoms with Crippen LogP contribution in [0.1, 0.15) is 22.2 Å². The predicted octanol–water partition coefficient (Wildman–Crippen LogP) is 5.39. The zero-order chi connectivity index (χ0) is 19.7. The zero-order valence-corrected chi connectivity index (χ0v) is 16.9. The number of ether oxygens (including phenoxy) is 2. The molecule has 0 bridgehead atoms. The summed E-state index contributed by atoms with van der Waals surface area (Å²) in [5, 5.41) is 1.16. The van der Waals surface area contributed by atoms with E-state index in [1.165, 1.54) is 29.2 Å². The minimum atomic E-state index is -0.423. The summed E-state index contributed by atoms with van der Waals surface area (Å²) in [6.07, 6.45) is 0. The number of thioether (sulfide) groups is 1. The highest BCUT2D eigenvalue weighted by Gasteiger charge is 2.22. The van der Waals surface area contributed by atoms with E-state index in [0.29, 0.717) is 26.7 Å². The third-order valence-electron chi connectivity index (χ3n) is 4.24.